The zero-order valence-corrected chi connectivity index (χ0v) is 11.6. The molecule has 4 N–H and O–H groups in total. The molecule has 0 unspecified atom stereocenters. The fourth-order valence-corrected chi connectivity index (χ4v) is 1.88. The maximum atomic E-state index is 11.5. The molecule has 0 heterocycles. The molecule has 0 saturated heterocycles. The molecule has 1 amide bonds. The van der Waals surface area contributed by atoms with Crippen LogP contribution in [0.3, 0.4) is 0 Å². The second-order valence-corrected chi connectivity index (χ2v) is 6.24. The fraction of sp³-hybridized carbons (Fsp3) is 0.364. The lowest BCUT2D eigenvalue weighted by Gasteiger charge is -2.19. The first-order valence-electron chi connectivity index (χ1n) is 5.36. The summed E-state index contributed by atoms with van der Waals surface area (Å²) in [6.45, 7) is 5.13. The third-order valence-electron chi connectivity index (χ3n) is 1.93. The van der Waals surface area contributed by atoms with Crippen molar-refractivity contribution in [3.8, 4) is 0 Å². The van der Waals surface area contributed by atoms with Gasteiger partial charge in [-0.15, -0.1) is 0 Å². The van der Waals surface area contributed by atoms with Gasteiger partial charge in [0, 0.05) is 5.69 Å². The number of nitrogens with two attached hydrogens (primary N) is 1. The summed E-state index contributed by atoms with van der Waals surface area (Å²) in [5.74, 6) is 0. The van der Waals surface area contributed by atoms with E-state index in [0.717, 1.165) is 6.07 Å². The molecule has 0 atom stereocenters. The zero-order chi connectivity index (χ0) is 14.8. The van der Waals surface area contributed by atoms with E-state index in [9.17, 15) is 13.2 Å². The summed E-state index contributed by atoms with van der Waals surface area (Å²) in [6.07, 6.45) is -0.688. The molecule has 106 valence electrons. The lowest BCUT2D eigenvalue weighted by Crippen LogP contribution is -2.27. The molecule has 8 heteroatoms. The number of benzene rings is 1. The van der Waals surface area contributed by atoms with Gasteiger partial charge in [-0.25, -0.2) is 4.79 Å². The van der Waals surface area contributed by atoms with E-state index < -0.39 is 26.7 Å². The molecule has 1 rings (SSSR count). The van der Waals surface area contributed by atoms with Gasteiger partial charge in [0.15, 0.2) is 0 Å². The smallest absolute Gasteiger partial charge is 0.412 e. The molecule has 7 nitrogen and oxygen atoms in total. The van der Waals surface area contributed by atoms with Gasteiger partial charge in [-0.1, -0.05) is 0 Å². The summed E-state index contributed by atoms with van der Waals surface area (Å²) in [5.41, 5.74) is 4.92. The van der Waals surface area contributed by atoms with Crippen molar-refractivity contribution in [3.05, 3.63) is 18.2 Å². The van der Waals surface area contributed by atoms with Crippen LogP contribution in [0.1, 0.15) is 20.8 Å². The Balaban J connectivity index is 2.89. The van der Waals surface area contributed by atoms with Crippen molar-refractivity contribution in [2.45, 2.75) is 31.3 Å². The van der Waals surface area contributed by atoms with E-state index in [-0.39, 0.29) is 11.4 Å². The Labute approximate surface area is 111 Å². The molecule has 19 heavy (non-hydrogen) atoms. The third-order valence-corrected chi connectivity index (χ3v) is 2.86. The SMILES string of the molecule is CC(C)(C)OC(=O)Nc1ccc(S(=O)(=O)O)c(N)c1. The first-order valence-corrected chi connectivity index (χ1v) is 6.80. The van der Waals surface area contributed by atoms with Gasteiger partial charge in [-0.3, -0.25) is 9.87 Å². The highest BCUT2D eigenvalue weighted by Crippen LogP contribution is 2.22. The minimum Gasteiger partial charge on any atom is -0.444 e. The summed E-state index contributed by atoms with van der Waals surface area (Å²) in [4.78, 5) is 11.1. The highest BCUT2D eigenvalue weighted by molar-refractivity contribution is 7.86. The van der Waals surface area contributed by atoms with Gasteiger partial charge in [-0.05, 0) is 39.0 Å². The number of anilines is 2. The van der Waals surface area contributed by atoms with Crippen molar-refractivity contribution in [2.24, 2.45) is 0 Å². The largest absolute Gasteiger partial charge is 0.444 e. The third kappa shape index (κ3) is 4.76. The first kappa shape index (κ1) is 15.3. The molecular formula is C11H16N2O5S. The second-order valence-electron chi connectivity index (χ2n) is 4.85. The number of hydrogen-bond acceptors (Lipinski definition) is 5. The Kier molecular flexibility index (Phi) is 4.06. The summed E-state index contributed by atoms with van der Waals surface area (Å²) in [5, 5.41) is 2.40. The molecule has 0 spiro atoms. The van der Waals surface area contributed by atoms with E-state index in [4.69, 9.17) is 15.0 Å². The summed E-state index contributed by atoms with van der Waals surface area (Å²) < 4.78 is 35.8. The lowest BCUT2D eigenvalue weighted by molar-refractivity contribution is 0.0636. The first-order chi connectivity index (χ1) is 8.49. The number of nitrogens with one attached hydrogen (secondary N) is 1. The Morgan fingerprint density at radius 1 is 1.37 bits per heavy atom. The predicted molar refractivity (Wildman–Crippen MR) is 70.5 cm³/mol. The highest BCUT2D eigenvalue weighted by Gasteiger charge is 2.18. The number of carbonyl (C=O) groups excluding carboxylic acids is 1. The molecule has 0 radical (unpaired) electrons. The number of rotatable bonds is 2. The van der Waals surface area contributed by atoms with Crippen LogP contribution < -0.4 is 11.1 Å². The van der Waals surface area contributed by atoms with Crippen molar-refractivity contribution in [3.63, 3.8) is 0 Å². The van der Waals surface area contributed by atoms with E-state index in [0.29, 0.717) is 0 Å². The second kappa shape index (κ2) is 5.06. The average molecular weight is 288 g/mol. The van der Waals surface area contributed by atoms with Crippen LogP contribution >= 0.6 is 0 Å². The molecule has 1 aromatic carbocycles. The summed E-state index contributed by atoms with van der Waals surface area (Å²) >= 11 is 0. The topological polar surface area (TPSA) is 119 Å². The number of nitrogen functional groups attached to an aromatic ring is 1. The van der Waals surface area contributed by atoms with Crippen LogP contribution in [-0.2, 0) is 14.9 Å². The molecule has 0 aromatic heterocycles. The van der Waals surface area contributed by atoms with Crippen LogP contribution in [0.25, 0.3) is 0 Å². The van der Waals surface area contributed by atoms with Crippen molar-refractivity contribution >= 4 is 27.6 Å². The van der Waals surface area contributed by atoms with E-state index in [1.54, 1.807) is 20.8 Å². The molecular weight excluding hydrogens is 272 g/mol. The maximum absolute atomic E-state index is 11.5. The highest BCUT2D eigenvalue weighted by atomic mass is 32.2. The predicted octanol–water partition coefficient (Wildman–Crippen LogP) is 1.86. The molecule has 0 fully saturated rings. The number of ether oxygens (including phenoxy) is 1. The van der Waals surface area contributed by atoms with Gasteiger partial charge in [0.25, 0.3) is 10.1 Å². The van der Waals surface area contributed by atoms with Crippen LogP contribution in [0.2, 0.25) is 0 Å². The van der Waals surface area contributed by atoms with Crippen molar-refractivity contribution < 1.29 is 22.5 Å². The molecule has 0 aliphatic carbocycles. The Hall–Kier alpha value is -1.80. The van der Waals surface area contributed by atoms with Gasteiger partial charge < -0.3 is 10.5 Å². The van der Waals surface area contributed by atoms with Gasteiger partial charge >= 0.3 is 6.09 Å². The van der Waals surface area contributed by atoms with E-state index in [1.165, 1.54) is 12.1 Å². The summed E-state index contributed by atoms with van der Waals surface area (Å²) in [7, 11) is -4.38. The van der Waals surface area contributed by atoms with E-state index in [1.807, 2.05) is 0 Å². The Morgan fingerprint density at radius 3 is 2.37 bits per heavy atom. The van der Waals surface area contributed by atoms with E-state index >= 15 is 0 Å². The van der Waals surface area contributed by atoms with Gasteiger partial charge in [0.05, 0.1) is 5.69 Å². The number of carbonyl (C=O) groups is 1. The Bertz CT molecular complexity index is 590. The molecule has 1 aromatic rings. The van der Waals surface area contributed by atoms with Crippen LogP contribution in [0.5, 0.6) is 0 Å². The van der Waals surface area contributed by atoms with Crippen LogP contribution in [0.4, 0.5) is 16.2 Å². The molecule has 0 saturated carbocycles. The molecule has 0 aliphatic rings. The van der Waals surface area contributed by atoms with Crippen molar-refractivity contribution in [1.82, 2.24) is 0 Å². The van der Waals surface area contributed by atoms with Crippen LogP contribution in [0.15, 0.2) is 23.1 Å². The number of hydrogen-bond donors (Lipinski definition) is 3. The number of amides is 1. The lowest BCUT2D eigenvalue weighted by atomic mass is 10.2. The maximum Gasteiger partial charge on any atom is 0.412 e. The minimum absolute atomic E-state index is 0.170. The fourth-order valence-electron chi connectivity index (χ4n) is 1.28. The molecule has 0 bridgehead atoms. The van der Waals surface area contributed by atoms with Crippen LogP contribution in [-0.4, -0.2) is 24.7 Å². The van der Waals surface area contributed by atoms with E-state index in [2.05, 4.69) is 5.32 Å². The van der Waals surface area contributed by atoms with Crippen molar-refractivity contribution in [1.29, 1.82) is 0 Å². The quantitative estimate of drug-likeness (QED) is 0.564. The van der Waals surface area contributed by atoms with Gasteiger partial charge in [-0.2, -0.15) is 8.42 Å². The summed E-state index contributed by atoms with van der Waals surface area (Å²) in [6, 6.07) is 3.60. The molecule has 0 aliphatic heterocycles. The average Bonchev–Trinajstić information content (AvgIpc) is 2.11. The van der Waals surface area contributed by atoms with Gasteiger partial charge in [0.2, 0.25) is 0 Å². The van der Waals surface area contributed by atoms with Gasteiger partial charge in [0.1, 0.15) is 10.5 Å². The zero-order valence-electron chi connectivity index (χ0n) is 10.8. The van der Waals surface area contributed by atoms with Crippen molar-refractivity contribution in [2.75, 3.05) is 11.1 Å². The Morgan fingerprint density at radius 2 is 1.95 bits per heavy atom. The monoisotopic (exact) mass is 288 g/mol. The van der Waals surface area contributed by atoms with Crippen LogP contribution in [0, 0.1) is 0 Å². The standard InChI is InChI=1S/C11H16N2O5S/c1-11(2,3)18-10(14)13-7-4-5-9(8(12)6-7)19(15,16)17/h4-6H,12H2,1-3H3,(H,13,14)(H,15,16,17). The minimum atomic E-state index is -4.38. The normalized spacial score (nSPS) is 12.0.